The van der Waals surface area contributed by atoms with Crippen molar-refractivity contribution < 1.29 is 9.59 Å². The molecule has 1 aliphatic carbocycles. The average molecular weight is 286 g/mol. The van der Waals surface area contributed by atoms with Gasteiger partial charge in [-0.25, -0.2) is 0 Å². The third-order valence-electron chi connectivity index (χ3n) is 4.67. The van der Waals surface area contributed by atoms with Crippen molar-refractivity contribution in [3.63, 3.8) is 0 Å². The standard InChI is InChI=1S/C17H22N2O2/c1-11-5-3-2-4-6-14(11)19-17(21)12-7-8-15-13(9-12)10-16(20)18-15/h7-9,11,14H,2-6,10H2,1H3,(H,18,20)(H,19,21). The van der Waals surface area contributed by atoms with Gasteiger partial charge in [-0.15, -0.1) is 0 Å². The van der Waals surface area contributed by atoms with Gasteiger partial charge in [-0.2, -0.15) is 0 Å². The van der Waals surface area contributed by atoms with E-state index in [4.69, 9.17) is 0 Å². The van der Waals surface area contributed by atoms with Gasteiger partial charge in [-0.1, -0.05) is 26.2 Å². The van der Waals surface area contributed by atoms with Crippen LogP contribution in [0.5, 0.6) is 0 Å². The number of fused-ring (bicyclic) bond motifs is 1. The Bertz CT molecular complexity index is 568. The number of nitrogens with one attached hydrogen (secondary N) is 2. The van der Waals surface area contributed by atoms with Gasteiger partial charge >= 0.3 is 0 Å². The summed E-state index contributed by atoms with van der Waals surface area (Å²) in [5.41, 5.74) is 2.41. The molecule has 4 nitrogen and oxygen atoms in total. The molecule has 1 saturated carbocycles. The number of rotatable bonds is 2. The topological polar surface area (TPSA) is 58.2 Å². The maximum atomic E-state index is 12.4. The molecule has 2 amide bonds. The fourth-order valence-corrected chi connectivity index (χ4v) is 3.33. The highest BCUT2D eigenvalue weighted by molar-refractivity contribution is 6.01. The number of carbonyl (C=O) groups excluding carboxylic acids is 2. The summed E-state index contributed by atoms with van der Waals surface area (Å²) in [6.45, 7) is 2.22. The molecule has 112 valence electrons. The average Bonchev–Trinajstić information content (AvgIpc) is 2.72. The number of hydrogen-bond donors (Lipinski definition) is 2. The molecule has 1 aromatic carbocycles. The summed E-state index contributed by atoms with van der Waals surface area (Å²) in [5.74, 6) is 0.518. The lowest BCUT2D eigenvalue weighted by Gasteiger charge is -2.23. The van der Waals surface area contributed by atoms with E-state index in [0.717, 1.165) is 17.7 Å². The summed E-state index contributed by atoms with van der Waals surface area (Å²) >= 11 is 0. The molecule has 0 spiro atoms. The van der Waals surface area contributed by atoms with E-state index >= 15 is 0 Å². The van der Waals surface area contributed by atoms with Crippen LogP contribution in [0.4, 0.5) is 5.69 Å². The van der Waals surface area contributed by atoms with Crippen LogP contribution in [0.2, 0.25) is 0 Å². The Hall–Kier alpha value is -1.84. The maximum absolute atomic E-state index is 12.4. The van der Waals surface area contributed by atoms with Gasteiger partial charge in [0, 0.05) is 17.3 Å². The fraction of sp³-hybridized carbons (Fsp3) is 0.529. The number of amides is 2. The van der Waals surface area contributed by atoms with Crippen molar-refractivity contribution in [1.82, 2.24) is 5.32 Å². The maximum Gasteiger partial charge on any atom is 0.251 e. The second-order valence-corrected chi connectivity index (χ2v) is 6.29. The summed E-state index contributed by atoms with van der Waals surface area (Å²) < 4.78 is 0. The molecule has 1 aliphatic heterocycles. The minimum atomic E-state index is -0.0177. The van der Waals surface area contributed by atoms with Crippen molar-refractivity contribution in [2.24, 2.45) is 5.92 Å². The molecule has 2 atom stereocenters. The minimum Gasteiger partial charge on any atom is -0.349 e. The van der Waals surface area contributed by atoms with Crippen LogP contribution < -0.4 is 10.6 Å². The Kier molecular flexibility index (Phi) is 3.95. The molecule has 2 unspecified atom stereocenters. The van der Waals surface area contributed by atoms with E-state index in [0.29, 0.717) is 17.9 Å². The molecule has 3 rings (SSSR count). The zero-order chi connectivity index (χ0) is 14.8. The Morgan fingerprint density at radius 3 is 2.90 bits per heavy atom. The van der Waals surface area contributed by atoms with Crippen LogP contribution in [0.25, 0.3) is 0 Å². The highest BCUT2D eigenvalue weighted by atomic mass is 16.2. The lowest BCUT2D eigenvalue weighted by molar-refractivity contribution is -0.115. The zero-order valence-corrected chi connectivity index (χ0v) is 12.4. The molecule has 0 saturated heterocycles. The fourth-order valence-electron chi connectivity index (χ4n) is 3.33. The molecule has 0 bridgehead atoms. The summed E-state index contributed by atoms with van der Waals surface area (Å²) in [5, 5.41) is 5.97. The van der Waals surface area contributed by atoms with E-state index in [1.54, 1.807) is 6.07 Å². The van der Waals surface area contributed by atoms with Crippen molar-refractivity contribution >= 4 is 17.5 Å². The molecule has 1 aromatic rings. The lowest BCUT2D eigenvalue weighted by Crippen LogP contribution is -2.38. The molecule has 4 heteroatoms. The van der Waals surface area contributed by atoms with Gasteiger partial charge in [0.1, 0.15) is 0 Å². The summed E-state index contributed by atoms with van der Waals surface area (Å²) in [6.07, 6.45) is 6.35. The molecular formula is C17H22N2O2. The van der Waals surface area contributed by atoms with Crippen LogP contribution in [-0.4, -0.2) is 17.9 Å². The van der Waals surface area contributed by atoms with Crippen molar-refractivity contribution in [2.45, 2.75) is 51.5 Å². The molecule has 0 radical (unpaired) electrons. The van der Waals surface area contributed by atoms with Gasteiger partial charge in [-0.3, -0.25) is 9.59 Å². The third-order valence-corrected chi connectivity index (χ3v) is 4.67. The summed E-state index contributed by atoms with van der Waals surface area (Å²) in [7, 11) is 0. The molecule has 2 aliphatic rings. The summed E-state index contributed by atoms with van der Waals surface area (Å²) in [4.78, 5) is 23.8. The van der Waals surface area contributed by atoms with Crippen molar-refractivity contribution in [3.8, 4) is 0 Å². The smallest absolute Gasteiger partial charge is 0.251 e. The first kappa shape index (κ1) is 14.1. The van der Waals surface area contributed by atoms with Gasteiger partial charge in [0.2, 0.25) is 5.91 Å². The van der Waals surface area contributed by atoms with Crippen LogP contribution in [0.3, 0.4) is 0 Å². The predicted octanol–water partition coefficient (Wildman–Crippen LogP) is 2.88. The SMILES string of the molecule is CC1CCCCCC1NC(=O)c1ccc2c(c1)CC(=O)N2. The monoisotopic (exact) mass is 286 g/mol. The normalized spacial score (nSPS) is 24.9. The lowest BCUT2D eigenvalue weighted by atomic mass is 9.96. The van der Waals surface area contributed by atoms with Crippen molar-refractivity contribution in [2.75, 3.05) is 5.32 Å². The second-order valence-electron chi connectivity index (χ2n) is 6.29. The van der Waals surface area contributed by atoms with Crippen LogP contribution >= 0.6 is 0 Å². The van der Waals surface area contributed by atoms with Crippen LogP contribution in [-0.2, 0) is 11.2 Å². The first-order valence-corrected chi connectivity index (χ1v) is 7.87. The van der Waals surface area contributed by atoms with Gasteiger partial charge < -0.3 is 10.6 Å². The number of carbonyl (C=O) groups is 2. The molecule has 0 aromatic heterocycles. The Balaban J connectivity index is 1.71. The Morgan fingerprint density at radius 1 is 1.24 bits per heavy atom. The van der Waals surface area contributed by atoms with Gasteiger partial charge in [0.15, 0.2) is 0 Å². The largest absolute Gasteiger partial charge is 0.349 e. The van der Waals surface area contributed by atoms with Crippen LogP contribution in [0.1, 0.15) is 54.9 Å². The molecule has 1 fully saturated rings. The van der Waals surface area contributed by atoms with Gasteiger partial charge in [-0.05, 0) is 42.5 Å². The third kappa shape index (κ3) is 3.09. The Morgan fingerprint density at radius 2 is 2.05 bits per heavy atom. The molecular weight excluding hydrogens is 264 g/mol. The number of anilines is 1. The van der Waals surface area contributed by atoms with Gasteiger partial charge in [0.05, 0.1) is 6.42 Å². The molecule has 21 heavy (non-hydrogen) atoms. The van der Waals surface area contributed by atoms with E-state index in [1.165, 1.54) is 25.7 Å². The van der Waals surface area contributed by atoms with E-state index in [9.17, 15) is 9.59 Å². The van der Waals surface area contributed by atoms with E-state index in [1.807, 2.05) is 12.1 Å². The van der Waals surface area contributed by atoms with Gasteiger partial charge in [0.25, 0.3) is 5.91 Å². The van der Waals surface area contributed by atoms with E-state index in [2.05, 4.69) is 17.6 Å². The summed E-state index contributed by atoms with van der Waals surface area (Å²) in [6, 6.07) is 5.73. The highest BCUT2D eigenvalue weighted by Crippen LogP contribution is 2.25. The quantitative estimate of drug-likeness (QED) is 0.821. The minimum absolute atomic E-state index is 0.0000477. The van der Waals surface area contributed by atoms with E-state index in [-0.39, 0.29) is 17.9 Å². The number of benzene rings is 1. The second kappa shape index (κ2) is 5.88. The predicted molar refractivity (Wildman–Crippen MR) is 82.3 cm³/mol. The van der Waals surface area contributed by atoms with Crippen LogP contribution in [0.15, 0.2) is 18.2 Å². The zero-order valence-electron chi connectivity index (χ0n) is 12.4. The first-order valence-electron chi connectivity index (χ1n) is 7.87. The Labute approximate surface area is 125 Å². The number of hydrogen-bond acceptors (Lipinski definition) is 2. The van der Waals surface area contributed by atoms with Crippen molar-refractivity contribution in [3.05, 3.63) is 29.3 Å². The van der Waals surface area contributed by atoms with Crippen LogP contribution in [0, 0.1) is 5.92 Å². The molecule has 1 heterocycles. The molecule has 2 N–H and O–H groups in total. The highest BCUT2D eigenvalue weighted by Gasteiger charge is 2.23. The van der Waals surface area contributed by atoms with E-state index < -0.39 is 0 Å². The first-order chi connectivity index (χ1) is 10.1. The van der Waals surface area contributed by atoms with Crippen molar-refractivity contribution in [1.29, 1.82) is 0 Å².